The van der Waals surface area contributed by atoms with Crippen LogP contribution in [0.5, 0.6) is 5.88 Å². The van der Waals surface area contributed by atoms with Gasteiger partial charge in [0.25, 0.3) is 0 Å². The molecule has 0 spiro atoms. The summed E-state index contributed by atoms with van der Waals surface area (Å²) in [5.41, 5.74) is 1.61. The highest BCUT2D eigenvalue weighted by Crippen LogP contribution is 2.26. The molecule has 2 aromatic carbocycles. The Morgan fingerprint density at radius 1 is 1.04 bits per heavy atom. The van der Waals surface area contributed by atoms with Gasteiger partial charge in [-0.15, -0.1) is 0 Å². The molecule has 0 saturated heterocycles. The zero-order valence-corrected chi connectivity index (χ0v) is 13.1. The zero-order chi connectivity index (χ0) is 16.2. The van der Waals surface area contributed by atoms with E-state index in [1.165, 1.54) is 4.90 Å². The molecule has 0 unspecified atom stereocenters. The molecule has 0 aliphatic carbocycles. The number of fused-ring (bicyclic) bond motifs is 1. The van der Waals surface area contributed by atoms with Gasteiger partial charge in [-0.3, -0.25) is 0 Å². The molecule has 0 radical (unpaired) electrons. The van der Waals surface area contributed by atoms with E-state index < -0.39 is 6.09 Å². The number of carbonyl (C=O) groups excluding carboxylic acids is 1. The van der Waals surface area contributed by atoms with Gasteiger partial charge < -0.3 is 9.64 Å². The number of hydrogen-bond acceptors (Lipinski definition) is 4. The van der Waals surface area contributed by atoms with Crippen molar-refractivity contribution in [1.82, 2.24) is 14.9 Å². The molecule has 1 aromatic heterocycles. The van der Waals surface area contributed by atoms with Crippen LogP contribution in [0, 0.1) is 0 Å². The molecule has 1 amide bonds. The highest BCUT2D eigenvalue weighted by Gasteiger charge is 2.15. The predicted molar refractivity (Wildman–Crippen MR) is 89.3 cm³/mol. The molecule has 1 heterocycles. The van der Waals surface area contributed by atoms with Gasteiger partial charge in [0.1, 0.15) is 0 Å². The summed E-state index contributed by atoms with van der Waals surface area (Å²) in [6, 6.07) is 17.1. The maximum atomic E-state index is 12.1. The summed E-state index contributed by atoms with van der Waals surface area (Å²) < 4.78 is 5.48. The van der Waals surface area contributed by atoms with Crippen molar-refractivity contribution >= 4 is 17.0 Å². The number of nitrogens with zero attached hydrogens (tertiary/aromatic N) is 3. The highest BCUT2D eigenvalue weighted by atomic mass is 16.6. The van der Waals surface area contributed by atoms with E-state index in [-0.39, 0.29) is 5.88 Å². The Hall–Kier alpha value is -2.95. The summed E-state index contributed by atoms with van der Waals surface area (Å²) in [6.45, 7) is 2.45. The van der Waals surface area contributed by atoms with Crippen molar-refractivity contribution in [2.24, 2.45) is 0 Å². The number of para-hydroxylation sites is 1. The summed E-state index contributed by atoms with van der Waals surface area (Å²) in [5, 5.41) is 0.713. The van der Waals surface area contributed by atoms with E-state index in [1.54, 1.807) is 7.05 Å². The third-order valence-corrected chi connectivity index (χ3v) is 3.57. The van der Waals surface area contributed by atoms with Gasteiger partial charge >= 0.3 is 6.09 Å². The summed E-state index contributed by atoms with van der Waals surface area (Å²) in [7, 11) is 1.68. The van der Waals surface area contributed by atoms with Crippen molar-refractivity contribution < 1.29 is 9.53 Å². The van der Waals surface area contributed by atoms with Gasteiger partial charge in [0.05, 0.1) is 10.9 Å². The van der Waals surface area contributed by atoms with Gasteiger partial charge in [-0.25, -0.2) is 9.78 Å². The first-order valence-electron chi connectivity index (χ1n) is 7.44. The molecule has 3 aromatic rings. The molecule has 3 rings (SSSR count). The van der Waals surface area contributed by atoms with E-state index in [1.807, 2.05) is 61.5 Å². The van der Waals surface area contributed by atoms with Crippen molar-refractivity contribution in [2.75, 3.05) is 13.6 Å². The second-order valence-corrected chi connectivity index (χ2v) is 5.12. The van der Waals surface area contributed by atoms with Gasteiger partial charge in [-0.2, -0.15) is 4.98 Å². The lowest BCUT2D eigenvalue weighted by Crippen LogP contribution is -2.29. The molecule has 5 nitrogen and oxygen atoms in total. The standard InChI is InChI=1S/C18H17N3O2/c1-3-21(2)18(22)23-17-14-11-7-8-12-15(14)19-16(20-17)13-9-5-4-6-10-13/h4-12H,3H2,1-2H3. The molecule has 0 atom stereocenters. The number of benzene rings is 2. The van der Waals surface area contributed by atoms with Crippen LogP contribution >= 0.6 is 0 Å². The molecule has 0 bridgehead atoms. The van der Waals surface area contributed by atoms with Crippen molar-refractivity contribution in [3.8, 4) is 17.3 Å². The molecular weight excluding hydrogens is 290 g/mol. The Labute approximate surface area is 134 Å². The maximum Gasteiger partial charge on any atom is 0.416 e. The first kappa shape index (κ1) is 15.0. The van der Waals surface area contributed by atoms with Gasteiger partial charge in [0, 0.05) is 19.2 Å². The fourth-order valence-electron chi connectivity index (χ4n) is 2.13. The van der Waals surface area contributed by atoms with Crippen LogP contribution in [0.25, 0.3) is 22.3 Å². The Bertz CT molecular complexity index is 834. The second kappa shape index (κ2) is 6.44. The van der Waals surface area contributed by atoms with Crippen LogP contribution in [0.15, 0.2) is 54.6 Å². The third-order valence-electron chi connectivity index (χ3n) is 3.57. The zero-order valence-electron chi connectivity index (χ0n) is 13.1. The van der Waals surface area contributed by atoms with Crippen molar-refractivity contribution in [3.05, 3.63) is 54.6 Å². The van der Waals surface area contributed by atoms with Gasteiger partial charge in [0.2, 0.25) is 5.88 Å². The number of aromatic nitrogens is 2. The average molecular weight is 307 g/mol. The highest BCUT2D eigenvalue weighted by molar-refractivity contribution is 5.87. The molecule has 0 aliphatic rings. The molecule has 5 heteroatoms. The summed E-state index contributed by atoms with van der Waals surface area (Å²) in [5.74, 6) is 0.811. The van der Waals surface area contributed by atoms with E-state index in [0.717, 1.165) is 11.1 Å². The second-order valence-electron chi connectivity index (χ2n) is 5.12. The van der Waals surface area contributed by atoms with E-state index in [0.29, 0.717) is 17.8 Å². The topological polar surface area (TPSA) is 55.3 Å². The summed E-state index contributed by atoms with van der Waals surface area (Å²) in [6.07, 6.45) is -0.435. The number of rotatable bonds is 3. The fourth-order valence-corrected chi connectivity index (χ4v) is 2.13. The minimum Gasteiger partial charge on any atom is -0.390 e. The van der Waals surface area contributed by atoms with E-state index in [9.17, 15) is 4.79 Å². The third kappa shape index (κ3) is 3.13. The number of carbonyl (C=O) groups is 1. The minimum atomic E-state index is -0.435. The maximum absolute atomic E-state index is 12.1. The fraction of sp³-hybridized carbons (Fsp3) is 0.167. The Morgan fingerprint density at radius 3 is 2.48 bits per heavy atom. The van der Waals surface area contributed by atoms with Crippen LogP contribution in [0.1, 0.15) is 6.92 Å². The van der Waals surface area contributed by atoms with Gasteiger partial charge in [0.15, 0.2) is 5.82 Å². The van der Waals surface area contributed by atoms with Crippen LogP contribution in [0.2, 0.25) is 0 Å². The molecule has 116 valence electrons. The monoisotopic (exact) mass is 307 g/mol. The van der Waals surface area contributed by atoms with E-state index >= 15 is 0 Å². The Morgan fingerprint density at radius 2 is 1.74 bits per heavy atom. The largest absolute Gasteiger partial charge is 0.416 e. The van der Waals surface area contributed by atoms with Crippen LogP contribution in [-0.4, -0.2) is 34.6 Å². The lowest BCUT2D eigenvalue weighted by molar-refractivity contribution is 0.164. The lowest BCUT2D eigenvalue weighted by Gasteiger charge is -2.15. The Balaban J connectivity index is 2.10. The normalized spacial score (nSPS) is 10.5. The summed E-state index contributed by atoms with van der Waals surface area (Å²) in [4.78, 5) is 22.6. The molecule has 0 N–H and O–H groups in total. The molecular formula is C18H17N3O2. The van der Waals surface area contributed by atoms with Crippen LogP contribution in [-0.2, 0) is 0 Å². The van der Waals surface area contributed by atoms with Crippen molar-refractivity contribution in [2.45, 2.75) is 6.92 Å². The van der Waals surface area contributed by atoms with Gasteiger partial charge in [-0.05, 0) is 19.1 Å². The van der Waals surface area contributed by atoms with Gasteiger partial charge in [-0.1, -0.05) is 42.5 Å². The smallest absolute Gasteiger partial charge is 0.390 e. The minimum absolute atomic E-state index is 0.278. The molecule has 0 aliphatic heterocycles. The van der Waals surface area contributed by atoms with E-state index in [2.05, 4.69) is 9.97 Å². The van der Waals surface area contributed by atoms with Crippen LogP contribution in [0.4, 0.5) is 4.79 Å². The summed E-state index contributed by atoms with van der Waals surface area (Å²) >= 11 is 0. The van der Waals surface area contributed by atoms with Crippen molar-refractivity contribution in [1.29, 1.82) is 0 Å². The Kier molecular flexibility index (Phi) is 4.19. The predicted octanol–water partition coefficient (Wildman–Crippen LogP) is 3.75. The van der Waals surface area contributed by atoms with E-state index in [4.69, 9.17) is 4.74 Å². The average Bonchev–Trinajstić information content (AvgIpc) is 2.61. The van der Waals surface area contributed by atoms with Crippen molar-refractivity contribution in [3.63, 3.8) is 0 Å². The first-order chi connectivity index (χ1) is 11.2. The number of amides is 1. The van der Waals surface area contributed by atoms with Crippen LogP contribution in [0.3, 0.4) is 0 Å². The number of hydrogen-bond donors (Lipinski definition) is 0. The molecule has 0 fully saturated rings. The molecule has 23 heavy (non-hydrogen) atoms. The SMILES string of the molecule is CCN(C)C(=O)Oc1nc(-c2ccccc2)nc2ccccc12. The molecule has 0 saturated carbocycles. The quantitative estimate of drug-likeness (QED) is 0.739. The number of ether oxygens (including phenoxy) is 1. The first-order valence-corrected chi connectivity index (χ1v) is 7.44. The van der Waals surface area contributed by atoms with Crippen LogP contribution < -0.4 is 4.74 Å². The lowest BCUT2D eigenvalue weighted by atomic mass is 10.2.